The average molecular weight is 270 g/mol. The summed E-state index contributed by atoms with van der Waals surface area (Å²) in [5.41, 5.74) is 6.08. The molecule has 0 spiro atoms. The van der Waals surface area contributed by atoms with Gasteiger partial charge in [0.1, 0.15) is 12.4 Å². The van der Waals surface area contributed by atoms with Gasteiger partial charge in [-0.1, -0.05) is 32.4 Å². The Morgan fingerprint density at radius 1 is 1.11 bits per heavy atom. The maximum absolute atomic E-state index is 6.08. The fraction of sp³-hybridized carbons (Fsp3) is 0.600. The van der Waals surface area contributed by atoms with E-state index in [1.54, 1.807) is 0 Å². The first-order valence-corrected chi connectivity index (χ1v) is 6.99. The monoisotopic (exact) mass is 269 g/mol. The number of halogens is 1. The Bertz CT molecular complexity index is 337. The summed E-state index contributed by atoms with van der Waals surface area (Å²) in [5, 5.41) is 0.720. The Kier molecular flexibility index (Phi) is 6.51. The van der Waals surface area contributed by atoms with Gasteiger partial charge in [0.25, 0.3) is 0 Å². The first-order valence-electron chi connectivity index (χ1n) is 6.61. The summed E-state index contributed by atoms with van der Waals surface area (Å²) in [7, 11) is 0. The molecule has 0 radical (unpaired) electrons. The molecule has 0 aliphatic heterocycles. The quantitative estimate of drug-likeness (QED) is 0.808. The van der Waals surface area contributed by atoms with Crippen LogP contribution >= 0.6 is 11.6 Å². The summed E-state index contributed by atoms with van der Waals surface area (Å²) >= 11 is 5.81. The summed E-state index contributed by atoms with van der Waals surface area (Å²) in [6, 6.07) is 7.47. The Labute approximate surface area is 115 Å². The smallest absolute Gasteiger partial charge is 0.119 e. The van der Waals surface area contributed by atoms with E-state index in [1.165, 1.54) is 6.42 Å². The third kappa shape index (κ3) is 6.27. The van der Waals surface area contributed by atoms with E-state index in [2.05, 4.69) is 20.8 Å². The molecule has 0 aliphatic rings. The number of hydrogen-bond acceptors (Lipinski definition) is 2. The van der Waals surface area contributed by atoms with Crippen molar-refractivity contribution in [1.82, 2.24) is 0 Å². The molecule has 0 aromatic heterocycles. The molecule has 1 aromatic carbocycles. The van der Waals surface area contributed by atoms with E-state index in [4.69, 9.17) is 22.1 Å². The SMILES string of the molecule is CC(C)CC(C)CC(N)COc1ccc(Cl)cc1. The topological polar surface area (TPSA) is 35.2 Å². The fourth-order valence-electron chi connectivity index (χ4n) is 2.22. The first kappa shape index (κ1) is 15.3. The van der Waals surface area contributed by atoms with Crippen molar-refractivity contribution < 1.29 is 4.74 Å². The molecule has 0 aliphatic carbocycles. The number of benzene rings is 1. The molecule has 3 heteroatoms. The molecular weight excluding hydrogens is 246 g/mol. The van der Waals surface area contributed by atoms with Gasteiger partial charge < -0.3 is 10.5 Å². The van der Waals surface area contributed by atoms with Gasteiger partial charge in [0.05, 0.1) is 0 Å². The Hall–Kier alpha value is -0.730. The summed E-state index contributed by atoms with van der Waals surface area (Å²) < 4.78 is 5.64. The summed E-state index contributed by atoms with van der Waals surface area (Å²) in [6.45, 7) is 7.30. The maximum Gasteiger partial charge on any atom is 0.119 e. The van der Waals surface area contributed by atoms with Crippen LogP contribution in [-0.4, -0.2) is 12.6 Å². The van der Waals surface area contributed by atoms with E-state index < -0.39 is 0 Å². The van der Waals surface area contributed by atoms with Crippen LogP contribution in [-0.2, 0) is 0 Å². The summed E-state index contributed by atoms with van der Waals surface area (Å²) in [4.78, 5) is 0. The average Bonchev–Trinajstić information content (AvgIpc) is 2.27. The van der Waals surface area contributed by atoms with Crippen LogP contribution in [0, 0.1) is 11.8 Å². The molecule has 2 atom stereocenters. The van der Waals surface area contributed by atoms with Crippen LogP contribution in [0.5, 0.6) is 5.75 Å². The molecule has 2 N–H and O–H groups in total. The van der Waals surface area contributed by atoms with E-state index >= 15 is 0 Å². The van der Waals surface area contributed by atoms with E-state index in [1.807, 2.05) is 24.3 Å². The van der Waals surface area contributed by atoms with Crippen LogP contribution in [0.2, 0.25) is 5.02 Å². The molecule has 18 heavy (non-hydrogen) atoms. The minimum atomic E-state index is 0.0921. The molecule has 2 unspecified atom stereocenters. The standard InChI is InChI=1S/C15H24ClNO/c1-11(2)8-12(3)9-14(17)10-18-15-6-4-13(16)5-7-15/h4-7,11-12,14H,8-10,17H2,1-3H3. The molecule has 0 heterocycles. The minimum Gasteiger partial charge on any atom is -0.492 e. The van der Waals surface area contributed by atoms with Crippen molar-refractivity contribution in [2.24, 2.45) is 17.6 Å². The zero-order valence-corrected chi connectivity index (χ0v) is 12.3. The zero-order valence-electron chi connectivity index (χ0n) is 11.5. The van der Waals surface area contributed by atoms with Gasteiger partial charge in [-0.3, -0.25) is 0 Å². The Balaban J connectivity index is 2.28. The molecule has 0 saturated heterocycles. The maximum atomic E-state index is 6.08. The van der Waals surface area contributed by atoms with Gasteiger partial charge >= 0.3 is 0 Å². The number of hydrogen-bond donors (Lipinski definition) is 1. The van der Waals surface area contributed by atoms with E-state index in [0.717, 1.165) is 23.1 Å². The predicted octanol–water partition coefficient (Wildman–Crippen LogP) is 4.12. The Morgan fingerprint density at radius 2 is 1.72 bits per heavy atom. The second-order valence-electron chi connectivity index (χ2n) is 5.50. The van der Waals surface area contributed by atoms with Crippen LogP contribution in [0.15, 0.2) is 24.3 Å². The van der Waals surface area contributed by atoms with Gasteiger partial charge in [-0.2, -0.15) is 0 Å². The third-order valence-corrected chi connectivity index (χ3v) is 3.11. The molecule has 102 valence electrons. The lowest BCUT2D eigenvalue weighted by Gasteiger charge is -2.19. The summed E-state index contributed by atoms with van der Waals surface area (Å²) in [6.07, 6.45) is 2.22. The lowest BCUT2D eigenvalue weighted by Crippen LogP contribution is -2.30. The highest BCUT2D eigenvalue weighted by atomic mass is 35.5. The second-order valence-corrected chi connectivity index (χ2v) is 5.93. The molecule has 1 rings (SSSR count). The van der Waals surface area contributed by atoms with Crippen molar-refractivity contribution in [3.63, 3.8) is 0 Å². The van der Waals surface area contributed by atoms with Crippen LogP contribution < -0.4 is 10.5 Å². The third-order valence-electron chi connectivity index (χ3n) is 2.86. The van der Waals surface area contributed by atoms with Gasteiger partial charge in [0.2, 0.25) is 0 Å². The summed E-state index contributed by atoms with van der Waals surface area (Å²) in [5.74, 6) is 2.20. The largest absolute Gasteiger partial charge is 0.492 e. The molecular formula is C15H24ClNO. The first-order chi connectivity index (χ1) is 8.47. The normalized spacial score (nSPS) is 14.6. The highest BCUT2D eigenvalue weighted by Gasteiger charge is 2.11. The van der Waals surface area contributed by atoms with Crippen molar-refractivity contribution in [3.05, 3.63) is 29.3 Å². The van der Waals surface area contributed by atoms with Crippen molar-refractivity contribution in [3.8, 4) is 5.75 Å². The molecule has 0 bridgehead atoms. The lowest BCUT2D eigenvalue weighted by atomic mass is 9.93. The number of ether oxygens (including phenoxy) is 1. The molecule has 0 saturated carbocycles. The molecule has 1 aromatic rings. The van der Waals surface area contributed by atoms with Crippen molar-refractivity contribution in [1.29, 1.82) is 0 Å². The van der Waals surface area contributed by atoms with Crippen LogP contribution in [0.1, 0.15) is 33.6 Å². The highest BCUT2D eigenvalue weighted by Crippen LogP contribution is 2.18. The molecule has 2 nitrogen and oxygen atoms in total. The van der Waals surface area contributed by atoms with Gasteiger partial charge in [-0.05, 0) is 48.9 Å². The minimum absolute atomic E-state index is 0.0921. The van der Waals surface area contributed by atoms with E-state index in [9.17, 15) is 0 Å². The number of rotatable bonds is 7. The van der Waals surface area contributed by atoms with Crippen molar-refractivity contribution >= 4 is 11.6 Å². The van der Waals surface area contributed by atoms with Crippen molar-refractivity contribution in [2.45, 2.75) is 39.7 Å². The number of nitrogens with two attached hydrogens (primary N) is 1. The fourth-order valence-corrected chi connectivity index (χ4v) is 2.35. The van der Waals surface area contributed by atoms with Gasteiger partial charge in [0.15, 0.2) is 0 Å². The highest BCUT2D eigenvalue weighted by molar-refractivity contribution is 6.30. The van der Waals surface area contributed by atoms with E-state index in [-0.39, 0.29) is 6.04 Å². The lowest BCUT2D eigenvalue weighted by molar-refractivity contribution is 0.260. The zero-order chi connectivity index (χ0) is 13.5. The van der Waals surface area contributed by atoms with E-state index in [0.29, 0.717) is 12.5 Å². The molecule has 0 amide bonds. The van der Waals surface area contributed by atoms with Gasteiger partial charge in [0, 0.05) is 11.1 Å². The Morgan fingerprint density at radius 3 is 2.28 bits per heavy atom. The van der Waals surface area contributed by atoms with Crippen LogP contribution in [0.25, 0.3) is 0 Å². The predicted molar refractivity (Wildman–Crippen MR) is 78.2 cm³/mol. The van der Waals surface area contributed by atoms with Gasteiger partial charge in [-0.25, -0.2) is 0 Å². The molecule has 0 fully saturated rings. The van der Waals surface area contributed by atoms with Crippen molar-refractivity contribution in [2.75, 3.05) is 6.61 Å². The van der Waals surface area contributed by atoms with Gasteiger partial charge in [-0.15, -0.1) is 0 Å². The van der Waals surface area contributed by atoms with Crippen LogP contribution in [0.3, 0.4) is 0 Å². The second kappa shape index (κ2) is 7.65. The van der Waals surface area contributed by atoms with Crippen LogP contribution in [0.4, 0.5) is 0 Å².